The number of halogens is 1. The van der Waals surface area contributed by atoms with Gasteiger partial charge in [0.2, 0.25) is 0 Å². The maximum Gasteiger partial charge on any atom is 0.0408 e. The summed E-state index contributed by atoms with van der Waals surface area (Å²) in [4.78, 5) is 2.46. The van der Waals surface area contributed by atoms with Crippen LogP contribution in [0.2, 0.25) is 5.02 Å². The highest BCUT2D eigenvalue weighted by Gasteiger charge is 2.28. The molecule has 1 aromatic rings. The molecule has 1 aliphatic carbocycles. The molecule has 0 bridgehead atoms. The number of likely N-dealkylation sites (N-methyl/N-ethyl adjacent to an activating group) is 1. The van der Waals surface area contributed by atoms with E-state index in [1.807, 2.05) is 6.07 Å². The van der Waals surface area contributed by atoms with Crippen LogP contribution in [0.4, 0.5) is 0 Å². The fourth-order valence-electron chi connectivity index (χ4n) is 3.87. The molecule has 0 radical (unpaired) electrons. The molecule has 0 spiro atoms. The molecular weight excluding hydrogens is 268 g/mol. The van der Waals surface area contributed by atoms with Crippen molar-refractivity contribution in [2.24, 2.45) is 0 Å². The molecule has 1 saturated heterocycles. The summed E-state index contributed by atoms with van der Waals surface area (Å²) in [5, 5.41) is 4.75. The lowest BCUT2D eigenvalue weighted by Gasteiger charge is -2.37. The van der Waals surface area contributed by atoms with Crippen LogP contribution in [0.15, 0.2) is 24.3 Å². The van der Waals surface area contributed by atoms with Crippen molar-refractivity contribution in [3.8, 4) is 0 Å². The lowest BCUT2D eigenvalue weighted by atomic mass is 9.88. The molecule has 1 saturated carbocycles. The van der Waals surface area contributed by atoms with Gasteiger partial charge in [0.1, 0.15) is 0 Å². The van der Waals surface area contributed by atoms with Gasteiger partial charge in [0, 0.05) is 30.2 Å². The number of piperidine rings is 1. The number of hydrogen-bond donors (Lipinski definition) is 1. The Balaban J connectivity index is 1.66. The molecule has 3 rings (SSSR count). The van der Waals surface area contributed by atoms with E-state index in [-0.39, 0.29) is 0 Å². The van der Waals surface area contributed by atoms with E-state index in [4.69, 9.17) is 11.6 Å². The van der Waals surface area contributed by atoms with Crippen LogP contribution in [0.25, 0.3) is 0 Å². The summed E-state index contributed by atoms with van der Waals surface area (Å²) in [6.07, 6.45) is 6.77. The maximum atomic E-state index is 6.15. The predicted molar refractivity (Wildman–Crippen MR) is 85.5 cm³/mol. The monoisotopic (exact) mass is 292 g/mol. The minimum atomic E-state index is 0.603. The average Bonchev–Trinajstić information content (AvgIpc) is 2.91. The first kappa shape index (κ1) is 14.4. The van der Waals surface area contributed by atoms with Crippen molar-refractivity contribution in [2.75, 3.05) is 20.1 Å². The molecule has 2 nitrogen and oxygen atoms in total. The van der Waals surface area contributed by atoms with E-state index in [1.54, 1.807) is 0 Å². The van der Waals surface area contributed by atoms with Gasteiger partial charge in [-0.15, -0.1) is 0 Å². The van der Waals surface area contributed by atoms with Gasteiger partial charge in [-0.1, -0.05) is 36.6 Å². The lowest BCUT2D eigenvalue weighted by Crippen LogP contribution is -2.49. The number of benzene rings is 1. The number of rotatable bonds is 3. The number of likely N-dealkylation sites (tertiary alicyclic amines) is 1. The molecule has 0 aromatic heterocycles. The number of hydrogen-bond acceptors (Lipinski definition) is 2. The van der Waals surface area contributed by atoms with Gasteiger partial charge in [0.15, 0.2) is 0 Å². The molecule has 2 atom stereocenters. The molecule has 1 aliphatic heterocycles. The van der Waals surface area contributed by atoms with Crippen LogP contribution < -0.4 is 5.32 Å². The zero-order chi connectivity index (χ0) is 13.9. The van der Waals surface area contributed by atoms with Gasteiger partial charge in [-0.3, -0.25) is 0 Å². The third-order valence-corrected chi connectivity index (χ3v) is 5.01. The summed E-state index contributed by atoms with van der Waals surface area (Å²) in [6, 6.07) is 9.78. The Labute approximate surface area is 127 Å². The Morgan fingerprint density at radius 2 is 1.95 bits per heavy atom. The minimum absolute atomic E-state index is 0.603. The fourth-order valence-corrected chi connectivity index (χ4v) is 4.07. The predicted octanol–water partition coefficient (Wildman–Crippen LogP) is 3.66. The Morgan fingerprint density at radius 1 is 1.15 bits per heavy atom. The van der Waals surface area contributed by atoms with Crippen molar-refractivity contribution >= 4 is 11.6 Å². The summed E-state index contributed by atoms with van der Waals surface area (Å²) in [6.45, 7) is 2.32. The second-order valence-corrected chi connectivity index (χ2v) is 6.99. The van der Waals surface area contributed by atoms with E-state index in [9.17, 15) is 0 Å². The smallest absolute Gasteiger partial charge is 0.0408 e. The third-order valence-electron chi connectivity index (χ3n) is 4.78. The Bertz CT molecular complexity index is 442. The summed E-state index contributed by atoms with van der Waals surface area (Å²) in [5.41, 5.74) is 1.39. The fraction of sp³-hybridized carbons (Fsp3) is 0.647. The first-order valence-corrected chi connectivity index (χ1v) is 8.28. The van der Waals surface area contributed by atoms with E-state index in [2.05, 4.69) is 35.5 Å². The highest BCUT2D eigenvalue weighted by molar-refractivity contribution is 6.30. The number of nitrogens with zero attached hydrogens (tertiary/aromatic N) is 1. The molecule has 1 heterocycles. The van der Waals surface area contributed by atoms with Crippen LogP contribution in [-0.4, -0.2) is 37.1 Å². The van der Waals surface area contributed by atoms with E-state index in [0.717, 1.165) is 17.6 Å². The zero-order valence-corrected chi connectivity index (χ0v) is 13.1. The van der Waals surface area contributed by atoms with Gasteiger partial charge in [-0.25, -0.2) is 0 Å². The van der Waals surface area contributed by atoms with Gasteiger partial charge >= 0.3 is 0 Å². The van der Waals surface area contributed by atoms with Crippen LogP contribution in [0.1, 0.15) is 43.6 Å². The second kappa shape index (κ2) is 6.46. The van der Waals surface area contributed by atoms with Crippen LogP contribution in [-0.2, 0) is 0 Å². The first-order valence-electron chi connectivity index (χ1n) is 7.91. The maximum absolute atomic E-state index is 6.15. The van der Waals surface area contributed by atoms with Gasteiger partial charge in [0.05, 0.1) is 0 Å². The van der Waals surface area contributed by atoms with Crippen molar-refractivity contribution in [1.82, 2.24) is 10.2 Å². The van der Waals surface area contributed by atoms with Crippen LogP contribution in [0.5, 0.6) is 0 Å². The summed E-state index contributed by atoms with van der Waals surface area (Å²) in [7, 11) is 2.24. The van der Waals surface area contributed by atoms with Crippen LogP contribution >= 0.6 is 11.6 Å². The largest absolute Gasteiger partial charge is 0.310 e. The van der Waals surface area contributed by atoms with Gasteiger partial charge < -0.3 is 10.2 Å². The Hall–Kier alpha value is -0.570. The third kappa shape index (κ3) is 3.55. The first-order chi connectivity index (χ1) is 9.70. The molecular formula is C17H25ClN2. The minimum Gasteiger partial charge on any atom is -0.310 e. The molecule has 2 unspecified atom stereocenters. The molecule has 20 heavy (non-hydrogen) atoms. The van der Waals surface area contributed by atoms with E-state index < -0.39 is 0 Å². The molecule has 110 valence electrons. The Kier molecular flexibility index (Phi) is 4.65. The normalized spacial score (nSPS) is 28.9. The summed E-state index contributed by atoms with van der Waals surface area (Å²) in [5.74, 6) is 0.603. The second-order valence-electron chi connectivity index (χ2n) is 6.55. The Morgan fingerprint density at radius 3 is 2.70 bits per heavy atom. The number of nitrogens with one attached hydrogen (secondary N) is 1. The van der Waals surface area contributed by atoms with Crippen molar-refractivity contribution in [3.63, 3.8) is 0 Å². The van der Waals surface area contributed by atoms with Gasteiger partial charge in [-0.05, 0) is 49.9 Å². The van der Waals surface area contributed by atoms with E-state index in [0.29, 0.717) is 12.0 Å². The standard InChI is InChI=1S/C17H25ClN2/c1-20-11-14(13-5-4-6-15(18)9-13)10-17(12-20)19-16-7-2-3-8-16/h4-6,9,14,16-17,19H,2-3,7-8,10-12H2,1H3. The van der Waals surface area contributed by atoms with Gasteiger partial charge in [-0.2, -0.15) is 0 Å². The molecule has 1 aromatic carbocycles. The van der Waals surface area contributed by atoms with Crippen molar-refractivity contribution in [2.45, 2.75) is 50.1 Å². The molecule has 2 aliphatic rings. The zero-order valence-electron chi connectivity index (χ0n) is 12.3. The average molecular weight is 293 g/mol. The van der Waals surface area contributed by atoms with Crippen LogP contribution in [0.3, 0.4) is 0 Å². The molecule has 0 amide bonds. The van der Waals surface area contributed by atoms with E-state index in [1.165, 1.54) is 44.2 Å². The quantitative estimate of drug-likeness (QED) is 0.915. The highest BCUT2D eigenvalue weighted by atomic mass is 35.5. The highest BCUT2D eigenvalue weighted by Crippen LogP contribution is 2.29. The molecule has 3 heteroatoms. The van der Waals surface area contributed by atoms with E-state index >= 15 is 0 Å². The molecule has 2 fully saturated rings. The van der Waals surface area contributed by atoms with Crippen LogP contribution in [0, 0.1) is 0 Å². The topological polar surface area (TPSA) is 15.3 Å². The SMILES string of the molecule is CN1CC(NC2CCCC2)CC(c2cccc(Cl)c2)C1. The van der Waals surface area contributed by atoms with Crippen molar-refractivity contribution in [1.29, 1.82) is 0 Å². The molecule has 1 N–H and O–H groups in total. The van der Waals surface area contributed by atoms with Gasteiger partial charge in [0.25, 0.3) is 0 Å². The summed E-state index contributed by atoms with van der Waals surface area (Å²) < 4.78 is 0. The van der Waals surface area contributed by atoms with Crippen molar-refractivity contribution in [3.05, 3.63) is 34.9 Å². The summed E-state index contributed by atoms with van der Waals surface area (Å²) >= 11 is 6.15. The van der Waals surface area contributed by atoms with Crippen molar-refractivity contribution < 1.29 is 0 Å². The lowest BCUT2D eigenvalue weighted by molar-refractivity contribution is 0.195.